The van der Waals surface area contributed by atoms with E-state index in [1.54, 1.807) is 49.4 Å². The molecule has 0 heterocycles. The standard InChI is InChI=1S/C20H24FNO4S/c1-4-19(15(2)21)22(27(24,25)18-8-6-5-7-9-18)14-16-10-12-17(13-11-16)20(23)26-3/h5-13,15,19H,4,14H2,1-3H3. The van der Waals surface area contributed by atoms with E-state index in [1.807, 2.05) is 0 Å². The zero-order valence-electron chi connectivity index (χ0n) is 15.6. The van der Waals surface area contributed by atoms with Gasteiger partial charge < -0.3 is 4.74 Å². The summed E-state index contributed by atoms with van der Waals surface area (Å²) in [6.45, 7) is 3.13. The molecule has 0 aliphatic rings. The van der Waals surface area contributed by atoms with Crippen molar-refractivity contribution >= 4 is 16.0 Å². The van der Waals surface area contributed by atoms with Crippen molar-refractivity contribution in [2.75, 3.05) is 7.11 Å². The van der Waals surface area contributed by atoms with Gasteiger partial charge >= 0.3 is 5.97 Å². The van der Waals surface area contributed by atoms with Gasteiger partial charge in [0.2, 0.25) is 10.0 Å². The Morgan fingerprint density at radius 3 is 2.19 bits per heavy atom. The van der Waals surface area contributed by atoms with E-state index in [9.17, 15) is 17.6 Å². The summed E-state index contributed by atoms with van der Waals surface area (Å²) in [5.41, 5.74) is 1.02. The molecule has 5 nitrogen and oxygen atoms in total. The summed E-state index contributed by atoms with van der Waals surface area (Å²) >= 11 is 0. The van der Waals surface area contributed by atoms with Gasteiger partial charge in [0.15, 0.2) is 0 Å². The summed E-state index contributed by atoms with van der Waals surface area (Å²) in [6, 6.07) is 13.6. The van der Waals surface area contributed by atoms with Crippen molar-refractivity contribution in [2.45, 2.75) is 43.9 Å². The molecule has 2 rings (SSSR count). The quantitative estimate of drug-likeness (QED) is 0.640. The van der Waals surface area contributed by atoms with Crippen LogP contribution in [0.25, 0.3) is 0 Å². The van der Waals surface area contributed by atoms with E-state index in [4.69, 9.17) is 0 Å². The molecule has 0 fully saturated rings. The molecule has 0 saturated heterocycles. The third-order valence-corrected chi connectivity index (χ3v) is 6.27. The Bertz CT molecular complexity index is 851. The van der Waals surface area contributed by atoms with E-state index in [1.165, 1.54) is 30.5 Å². The lowest BCUT2D eigenvalue weighted by molar-refractivity contribution is 0.0600. The Kier molecular flexibility index (Phi) is 7.10. The van der Waals surface area contributed by atoms with Crippen LogP contribution in [0.1, 0.15) is 36.2 Å². The molecule has 146 valence electrons. The molecule has 0 saturated carbocycles. The molecule has 0 spiro atoms. The number of methoxy groups -OCH3 is 1. The second kappa shape index (κ2) is 9.10. The Morgan fingerprint density at radius 2 is 1.70 bits per heavy atom. The van der Waals surface area contributed by atoms with Crippen LogP contribution in [0.4, 0.5) is 4.39 Å². The van der Waals surface area contributed by atoms with Gasteiger partial charge in [-0.05, 0) is 43.2 Å². The van der Waals surface area contributed by atoms with Gasteiger partial charge in [-0.2, -0.15) is 4.31 Å². The molecule has 0 aliphatic heterocycles. The third-order valence-electron chi connectivity index (χ3n) is 4.38. The number of hydrogen-bond donors (Lipinski definition) is 0. The summed E-state index contributed by atoms with van der Waals surface area (Å²) in [5.74, 6) is -0.473. The number of halogens is 1. The molecule has 2 unspecified atom stereocenters. The number of ether oxygens (including phenoxy) is 1. The summed E-state index contributed by atoms with van der Waals surface area (Å²) in [4.78, 5) is 11.7. The highest BCUT2D eigenvalue weighted by molar-refractivity contribution is 7.89. The molecule has 0 aliphatic carbocycles. The molecule has 0 amide bonds. The summed E-state index contributed by atoms with van der Waals surface area (Å²) in [6.07, 6.45) is -0.993. The van der Waals surface area contributed by atoms with E-state index in [2.05, 4.69) is 4.74 Å². The van der Waals surface area contributed by atoms with Crippen LogP contribution in [-0.4, -0.2) is 38.0 Å². The molecule has 0 bridgehead atoms. The number of carbonyl (C=O) groups is 1. The van der Waals surface area contributed by atoms with Crippen LogP contribution in [0.3, 0.4) is 0 Å². The van der Waals surface area contributed by atoms with Gasteiger partial charge in [-0.1, -0.05) is 37.3 Å². The third kappa shape index (κ3) is 4.93. The molecule has 0 radical (unpaired) electrons. The van der Waals surface area contributed by atoms with Gasteiger partial charge in [0.05, 0.1) is 23.6 Å². The Balaban J connectivity index is 2.40. The lowest BCUT2D eigenvalue weighted by Gasteiger charge is -2.31. The first kappa shape index (κ1) is 21.1. The van der Waals surface area contributed by atoms with Crippen LogP contribution < -0.4 is 0 Å². The molecule has 0 aromatic heterocycles. The van der Waals surface area contributed by atoms with Gasteiger partial charge in [0.1, 0.15) is 6.17 Å². The number of alkyl halides is 1. The van der Waals surface area contributed by atoms with E-state index in [0.717, 1.165) is 0 Å². The van der Waals surface area contributed by atoms with Crippen molar-refractivity contribution in [3.63, 3.8) is 0 Å². The fraction of sp³-hybridized carbons (Fsp3) is 0.350. The minimum absolute atomic E-state index is 0.00540. The first-order valence-corrected chi connectivity index (χ1v) is 10.1. The lowest BCUT2D eigenvalue weighted by atomic mass is 10.1. The van der Waals surface area contributed by atoms with Gasteiger partial charge in [-0.25, -0.2) is 17.6 Å². The smallest absolute Gasteiger partial charge is 0.337 e. The molecule has 2 aromatic carbocycles. The van der Waals surface area contributed by atoms with Crippen LogP contribution in [0.2, 0.25) is 0 Å². The largest absolute Gasteiger partial charge is 0.465 e. The highest BCUT2D eigenvalue weighted by Gasteiger charge is 2.33. The molecule has 27 heavy (non-hydrogen) atoms. The zero-order chi connectivity index (χ0) is 20.0. The Morgan fingerprint density at radius 1 is 1.11 bits per heavy atom. The highest BCUT2D eigenvalue weighted by atomic mass is 32.2. The average Bonchev–Trinajstić information content (AvgIpc) is 2.68. The fourth-order valence-corrected chi connectivity index (χ4v) is 4.67. The molecule has 0 N–H and O–H groups in total. The van der Waals surface area contributed by atoms with E-state index in [0.29, 0.717) is 17.5 Å². The van der Waals surface area contributed by atoms with E-state index < -0.39 is 28.2 Å². The highest BCUT2D eigenvalue weighted by Crippen LogP contribution is 2.25. The average molecular weight is 393 g/mol. The monoisotopic (exact) mass is 393 g/mol. The maximum Gasteiger partial charge on any atom is 0.337 e. The number of carbonyl (C=O) groups excluding carboxylic acids is 1. The number of esters is 1. The predicted octanol–water partition coefficient (Wildman–Crippen LogP) is 3.80. The number of nitrogens with zero attached hydrogens (tertiary/aromatic N) is 1. The van der Waals surface area contributed by atoms with Crippen LogP contribution in [0.5, 0.6) is 0 Å². The van der Waals surface area contributed by atoms with Gasteiger partial charge in [-0.3, -0.25) is 0 Å². The molecule has 7 heteroatoms. The maximum absolute atomic E-state index is 14.2. The number of benzene rings is 2. The Labute approximate surface area is 159 Å². The van der Waals surface area contributed by atoms with E-state index >= 15 is 0 Å². The van der Waals surface area contributed by atoms with Gasteiger partial charge in [0.25, 0.3) is 0 Å². The molecule has 2 atom stereocenters. The summed E-state index contributed by atoms with van der Waals surface area (Å²) < 4.78 is 46.4. The number of sulfonamides is 1. The van der Waals surface area contributed by atoms with Crippen LogP contribution in [-0.2, 0) is 21.3 Å². The van der Waals surface area contributed by atoms with Crippen molar-refractivity contribution < 1.29 is 22.3 Å². The predicted molar refractivity (Wildman–Crippen MR) is 102 cm³/mol. The molecule has 2 aromatic rings. The van der Waals surface area contributed by atoms with Crippen molar-refractivity contribution in [1.29, 1.82) is 0 Å². The second-order valence-electron chi connectivity index (χ2n) is 6.20. The minimum atomic E-state index is -3.89. The minimum Gasteiger partial charge on any atom is -0.465 e. The van der Waals surface area contributed by atoms with Gasteiger partial charge in [0, 0.05) is 6.54 Å². The molecular formula is C20H24FNO4S. The van der Waals surface area contributed by atoms with Gasteiger partial charge in [-0.15, -0.1) is 0 Å². The second-order valence-corrected chi connectivity index (χ2v) is 8.10. The first-order chi connectivity index (χ1) is 12.8. The first-order valence-electron chi connectivity index (χ1n) is 8.69. The number of hydrogen-bond acceptors (Lipinski definition) is 4. The zero-order valence-corrected chi connectivity index (χ0v) is 16.4. The van der Waals surface area contributed by atoms with E-state index in [-0.39, 0.29) is 11.4 Å². The number of rotatable bonds is 8. The van der Waals surface area contributed by atoms with Crippen molar-refractivity contribution in [1.82, 2.24) is 4.31 Å². The summed E-state index contributed by atoms with van der Waals surface area (Å²) in [7, 11) is -2.59. The summed E-state index contributed by atoms with van der Waals surface area (Å²) in [5, 5.41) is 0. The normalized spacial score (nSPS) is 14.0. The lowest BCUT2D eigenvalue weighted by Crippen LogP contribution is -2.44. The van der Waals surface area contributed by atoms with Crippen molar-refractivity contribution in [2.24, 2.45) is 0 Å². The maximum atomic E-state index is 14.2. The SMILES string of the molecule is CCC(C(C)F)N(Cc1ccc(C(=O)OC)cc1)S(=O)(=O)c1ccccc1. The van der Waals surface area contributed by atoms with Crippen LogP contribution >= 0.6 is 0 Å². The van der Waals surface area contributed by atoms with Crippen molar-refractivity contribution in [3.8, 4) is 0 Å². The van der Waals surface area contributed by atoms with Crippen molar-refractivity contribution in [3.05, 3.63) is 65.7 Å². The van der Waals surface area contributed by atoms with Crippen LogP contribution in [0.15, 0.2) is 59.5 Å². The topological polar surface area (TPSA) is 63.7 Å². The Hall–Kier alpha value is -2.25. The van der Waals surface area contributed by atoms with Crippen LogP contribution in [0, 0.1) is 0 Å². The molecular weight excluding hydrogens is 369 g/mol. The fourth-order valence-electron chi connectivity index (χ4n) is 2.91.